The molecule has 0 aliphatic carbocycles. The first-order valence-corrected chi connectivity index (χ1v) is 4.82. The second-order valence-corrected chi connectivity index (χ2v) is 3.64. The van der Waals surface area contributed by atoms with Crippen LogP contribution < -0.4 is 11.5 Å². The summed E-state index contributed by atoms with van der Waals surface area (Å²) >= 11 is 0. The van der Waals surface area contributed by atoms with Crippen molar-refractivity contribution in [1.29, 1.82) is 5.41 Å². The van der Waals surface area contributed by atoms with Gasteiger partial charge in [-0.1, -0.05) is 24.3 Å². The highest BCUT2D eigenvalue weighted by atomic mass is 35.5. The van der Waals surface area contributed by atoms with E-state index in [1.165, 1.54) is 24.3 Å². The van der Waals surface area contributed by atoms with Gasteiger partial charge in [-0.25, -0.2) is 4.79 Å². The lowest BCUT2D eigenvalue weighted by atomic mass is 9.88. The van der Waals surface area contributed by atoms with Crippen LogP contribution in [-0.4, -0.2) is 23.2 Å². The first-order valence-electron chi connectivity index (χ1n) is 4.82. The van der Waals surface area contributed by atoms with Crippen molar-refractivity contribution < 1.29 is 14.7 Å². The van der Waals surface area contributed by atoms with Gasteiger partial charge in [0.1, 0.15) is 17.7 Å². The van der Waals surface area contributed by atoms with Crippen molar-refractivity contribution in [2.75, 3.05) is 0 Å². The monoisotopic (exact) mass is 271 g/mol. The third kappa shape index (κ3) is 3.06. The first kappa shape index (κ1) is 16.1. The molecule has 0 aliphatic heterocycles. The topological polar surface area (TPSA) is 130 Å². The summed E-state index contributed by atoms with van der Waals surface area (Å²) in [6.07, 6.45) is 0.148. The molecule has 0 spiro atoms. The molecular formula is C11H14ClN3O3. The number of hydrogen-bond donors (Lipinski definition) is 4. The van der Waals surface area contributed by atoms with E-state index in [0.29, 0.717) is 17.4 Å². The molecule has 1 atom stereocenters. The van der Waals surface area contributed by atoms with E-state index >= 15 is 0 Å². The average Bonchev–Trinajstić information content (AvgIpc) is 2.29. The van der Waals surface area contributed by atoms with Gasteiger partial charge in [0.2, 0.25) is 0 Å². The normalized spacial score (nSPS) is 12.9. The number of nitrogens with two attached hydrogens (primary N) is 2. The molecule has 0 fully saturated rings. The Labute approximate surface area is 110 Å². The number of carbonyl (C=O) groups is 2. The highest BCUT2D eigenvalue weighted by Crippen LogP contribution is 2.22. The molecule has 7 heteroatoms. The molecule has 0 aromatic heterocycles. The molecule has 0 heterocycles. The molecule has 1 aromatic carbocycles. The van der Waals surface area contributed by atoms with Crippen LogP contribution in [0.25, 0.3) is 0 Å². The molecule has 1 unspecified atom stereocenters. The quantitative estimate of drug-likeness (QED) is 0.346. The molecule has 98 valence electrons. The maximum absolute atomic E-state index is 11.1. The fourth-order valence-corrected chi connectivity index (χ4v) is 1.41. The standard InChI is InChI=1S/C11H13N3O3.ClH/c12-9(13)7-1-3-8(4-2-7)11(14,5-6-15)10(16)17;/h1-4,6H,5,14H2,(H3,12,13)(H,16,17);1H. The number of halogens is 1. The molecule has 6 nitrogen and oxygen atoms in total. The van der Waals surface area contributed by atoms with Gasteiger partial charge in [0.05, 0.1) is 0 Å². The molecule has 0 saturated carbocycles. The van der Waals surface area contributed by atoms with Crippen molar-refractivity contribution in [3.63, 3.8) is 0 Å². The summed E-state index contributed by atoms with van der Waals surface area (Å²) in [6, 6.07) is 5.89. The number of amidine groups is 1. The van der Waals surface area contributed by atoms with E-state index in [4.69, 9.17) is 22.0 Å². The molecule has 1 aromatic rings. The number of benzene rings is 1. The summed E-state index contributed by atoms with van der Waals surface area (Å²) in [7, 11) is 0. The lowest BCUT2D eigenvalue weighted by Gasteiger charge is -2.22. The fraction of sp³-hybridized carbons (Fsp3) is 0.182. The highest BCUT2D eigenvalue weighted by molar-refractivity contribution is 5.95. The number of hydrogen-bond acceptors (Lipinski definition) is 4. The second-order valence-electron chi connectivity index (χ2n) is 3.64. The first-order chi connectivity index (χ1) is 7.91. The summed E-state index contributed by atoms with van der Waals surface area (Å²) in [5.41, 5.74) is 9.97. The lowest BCUT2D eigenvalue weighted by Crippen LogP contribution is -2.45. The van der Waals surface area contributed by atoms with Crippen LogP contribution in [0.15, 0.2) is 24.3 Å². The molecule has 0 saturated heterocycles. The number of aldehydes is 1. The van der Waals surface area contributed by atoms with Gasteiger partial charge in [0, 0.05) is 12.0 Å². The van der Waals surface area contributed by atoms with Crippen LogP contribution in [0.3, 0.4) is 0 Å². The third-order valence-corrected chi connectivity index (χ3v) is 2.50. The van der Waals surface area contributed by atoms with Gasteiger partial charge in [0.15, 0.2) is 0 Å². The van der Waals surface area contributed by atoms with E-state index in [2.05, 4.69) is 0 Å². The smallest absolute Gasteiger partial charge is 0.328 e. The third-order valence-electron chi connectivity index (χ3n) is 2.50. The molecule has 0 bridgehead atoms. The predicted octanol–water partition coefficient (Wildman–Crippen LogP) is 0.220. The summed E-state index contributed by atoms with van der Waals surface area (Å²) in [5, 5.41) is 16.2. The maximum Gasteiger partial charge on any atom is 0.328 e. The Hall–Kier alpha value is -1.92. The maximum atomic E-state index is 11.1. The van der Waals surface area contributed by atoms with E-state index in [0.717, 1.165) is 0 Å². The van der Waals surface area contributed by atoms with Crippen molar-refractivity contribution in [2.24, 2.45) is 11.5 Å². The van der Waals surface area contributed by atoms with Gasteiger partial charge in [-0.05, 0) is 5.56 Å². The Balaban J connectivity index is 0.00000289. The van der Waals surface area contributed by atoms with E-state index < -0.39 is 11.5 Å². The Bertz CT molecular complexity index is 461. The Kier molecular flexibility index (Phi) is 5.48. The van der Waals surface area contributed by atoms with E-state index in [-0.39, 0.29) is 24.7 Å². The highest BCUT2D eigenvalue weighted by Gasteiger charge is 2.35. The Morgan fingerprint density at radius 1 is 1.39 bits per heavy atom. The number of nitrogens with one attached hydrogen (secondary N) is 1. The van der Waals surface area contributed by atoms with Gasteiger partial charge >= 0.3 is 5.97 Å². The summed E-state index contributed by atoms with van der Waals surface area (Å²) in [6.45, 7) is 0. The molecule has 6 N–H and O–H groups in total. The van der Waals surface area contributed by atoms with Gasteiger partial charge in [0.25, 0.3) is 0 Å². The summed E-state index contributed by atoms with van der Waals surface area (Å²) in [5.74, 6) is -1.40. The number of carboxylic acids is 1. The van der Waals surface area contributed by atoms with Crippen LogP contribution in [0.2, 0.25) is 0 Å². The summed E-state index contributed by atoms with van der Waals surface area (Å²) < 4.78 is 0. The van der Waals surface area contributed by atoms with E-state index in [9.17, 15) is 9.59 Å². The lowest BCUT2D eigenvalue weighted by molar-refractivity contribution is -0.144. The molecule has 0 aliphatic rings. The predicted molar refractivity (Wildman–Crippen MR) is 68.9 cm³/mol. The van der Waals surface area contributed by atoms with Crippen molar-refractivity contribution >= 4 is 30.5 Å². The minimum atomic E-state index is -1.74. The largest absolute Gasteiger partial charge is 0.480 e. The number of carbonyl (C=O) groups excluding carboxylic acids is 1. The molecular weight excluding hydrogens is 258 g/mol. The number of carboxylic acid groups (broad SMARTS) is 1. The van der Waals surface area contributed by atoms with Crippen LogP contribution in [0, 0.1) is 5.41 Å². The van der Waals surface area contributed by atoms with Gasteiger partial charge in [-0.2, -0.15) is 0 Å². The van der Waals surface area contributed by atoms with Gasteiger partial charge in [-0.3, -0.25) is 5.41 Å². The van der Waals surface area contributed by atoms with E-state index in [1.54, 1.807) is 0 Å². The van der Waals surface area contributed by atoms with Crippen molar-refractivity contribution in [1.82, 2.24) is 0 Å². The number of aliphatic carboxylic acids is 1. The Morgan fingerprint density at radius 3 is 2.22 bits per heavy atom. The zero-order valence-electron chi connectivity index (χ0n) is 9.42. The fourth-order valence-electron chi connectivity index (χ4n) is 1.41. The van der Waals surface area contributed by atoms with Crippen LogP contribution in [0.4, 0.5) is 0 Å². The zero-order chi connectivity index (χ0) is 13.1. The van der Waals surface area contributed by atoms with Gasteiger partial charge in [-0.15, -0.1) is 12.4 Å². The van der Waals surface area contributed by atoms with Crippen molar-refractivity contribution in [3.8, 4) is 0 Å². The molecule has 1 rings (SSSR count). The van der Waals surface area contributed by atoms with Crippen molar-refractivity contribution in [2.45, 2.75) is 12.0 Å². The minimum Gasteiger partial charge on any atom is -0.480 e. The minimum absolute atomic E-state index is 0. The molecule has 18 heavy (non-hydrogen) atoms. The van der Waals surface area contributed by atoms with Gasteiger partial charge < -0.3 is 21.4 Å². The number of rotatable bonds is 5. The second kappa shape index (κ2) is 6.13. The van der Waals surface area contributed by atoms with Crippen LogP contribution in [-0.2, 0) is 15.1 Å². The summed E-state index contributed by atoms with van der Waals surface area (Å²) in [4.78, 5) is 21.6. The average molecular weight is 272 g/mol. The Morgan fingerprint density at radius 2 is 1.89 bits per heavy atom. The number of nitrogen functional groups attached to an aromatic ring is 1. The zero-order valence-corrected chi connectivity index (χ0v) is 10.2. The molecule has 0 amide bonds. The molecule has 0 radical (unpaired) electrons. The van der Waals surface area contributed by atoms with Crippen LogP contribution in [0.5, 0.6) is 0 Å². The van der Waals surface area contributed by atoms with E-state index in [1.807, 2.05) is 0 Å². The SMILES string of the molecule is Cl.N=C(N)c1ccc(C(N)(CC=O)C(=O)O)cc1. The van der Waals surface area contributed by atoms with Crippen LogP contribution >= 0.6 is 12.4 Å². The van der Waals surface area contributed by atoms with Crippen LogP contribution in [0.1, 0.15) is 17.5 Å². The van der Waals surface area contributed by atoms with Crippen molar-refractivity contribution in [3.05, 3.63) is 35.4 Å².